The normalized spacial score (nSPS) is 9.32. The number of pyridine rings is 1. The number of amides is 1. The first-order chi connectivity index (χ1) is 9.29. The summed E-state index contributed by atoms with van der Waals surface area (Å²) in [6, 6.07) is 10.4. The first-order valence-corrected chi connectivity index (χ1v) is 5.71. The van der Waals surface area contributed by atoms with E-state index in [0.29, 0.717) is 16.8 Å². The highest BCUT2D eigenvalue weighted by Gasteiger charge is 2.05. The molecule has 1 amide bonds. The number of nitrogens with zero attached hydrogens (tertiary/aromatic N) is 1. The zero-order valence-corrected chi connectivity index (χ0v) is 10.1. The smallest absolute Gasteiger partial charge is 0.255 e. The third-order valence-corrected chi connectivity index (χ3v) is 2.37. The molecule has 0 saturated carbocycles. The zero-order chi connectivity index (χ0) is 13.5. The second kappa shape index (κ2) is 6.34. The van der Waals surface area contributed by atoms with E-state index in [1.54, 1.807) is 48.8 Å². The van der Waals surface area contributed by atoms with Crippen molar-refractivity contribution in [2.45, 2.75) is 0 Å². The quantitative estimate of drug-likeness (QED) is 0.799. The Balaban J connectivity index is 2.15. The van der Waals surface area contributed by atoms with Crippen LogP contribution < -0.4 is 5.32 Å². The maximum Gasteiger partial charge on any atom is 0.255 e. The molecule has 94 valence electrons. The van der Waals surface area contributed by atoms with Gasteiger partial charge in [0.25, 0.3) is 5.91 Å². The molecule has 2 aromatic rings. The summed E-state index contributed by atoms with van der Waals surface area (Å²) in [4.78, 5) is 15.9. The van der Waals surface area contributed by atoms with E-state index in [0.717, 1.165) is 0 Å². The van der Waals surface area contributed by atoms with Crippen molar-refractivity contribution in [1.82, 2.24) is 4.98 Å². The minimum Gasteiger partial charge on any atom is -0.384 e. The minimum atomic E-state index is -0.209. The van der Waals surface area contributed by atoms with Crippen molar-refractivity contribution in [1.29, 1.82) is 0 Å². The molecular formula is C15H12N2O2. The van der Waals surface area contributed by atoms with E-state index in [4.69, 9.17) is 5.11 Å². The number of aromatic nitrogens is 1. The van der Waals surface area contributed by atoms with Crippen LogP contribution in [0.2, 0.25) is 0 Å². The molecule has 0 aliphatic heterocycles. The van der Waals surface area contributed by atoms with Crippen LogP contribution in [0.4, 0.5) is 5.69 Å². The molecule has 0 aliphatic rings. The molecular weight excluding hydrogens is 240 g/mol. The van der Waals surface area contributed by atoms with Gasteiger partial charge in [0.1, 0.15) is 6.61 Å². The van der Waals surface area contributed by atoms with Gasteiger partial charge < -0.3 is 10.4 Å². The van der Waals surface area contributed by atoms with Crippen LogP contribution in [-0.2, 0) is 0 Å². The lowest BCUT2D eigenvalue weighted by Crippen LogP contribution is -2.11. The summed E-state index contributed by atoms with van der Waals surface area (Å²) in [5.74, 6) is 5.10. The monoisotopic (exact) mass is 252 g/mol. The van der Waals surface area contributed by atoms with Gasteiger partial charge in [-0.05, 0) is 30.3 Å². The molecule has 0 saturated heterocycles. The van der Waals surface area contributed by atoms with E-state index >= 15 is 0 Å². The Morgan fingerprint density at radius 2 is 2.05 bits per heavy atom. The van der Waals surface area contributed by atoms with E-state index in [-0.39, 0.29) is 12.5 Å². The van der Waals surface area contributed by atoms with Gasteiger partial charge in [-0.15, -0.1) is 0 Å². The summed E-state index contributed by atoms with van der Waals surface area (Å²) in [6.07, 6.45) is 3.22. The molecule has 0 fully saturated rings. The molecule has 0 atom stereocenters. The van der Waals surface area contributed by atoms with Crippen LogP contribution in [0, 0.1) is 11.8 Å². The van der Waals surface area contributed by atoms with Crippen molar-refractivity contribution in [3.05, 3.63) is 59.9 Å². The van der Waals surface area contributed by atoms with Crippen LogP contribution in [0.3, 0.4) is 0 Å². The Bertz CT molecular complexity index is 627. The largest absolute Gasteiger partial charge is 0.384 e. The van der Waals surface area contributed by atoms with Gasteiger partial charge in [-0.2, -0.15) is 0 Å². The standard InChI is InChI=1S/C15H12N2O2/c18-10-2-4-12-3-1-5-13(11-12)15(19)17-14-6-8-16-9-7-14/h1,3,5-9,11,18H,10H2,(H,16,17,19). The van der Waals surface area contributed by atoms with Gasteiger partial charge in [-0.1, -0.05) is 17.9 Å². The summed E-state index contributed by atoms with van der Waals surface area (Å²) >= 11 is 0. The van der Waals surface area contributed by atoms with Crippen molar-refractivity contribution >= 4 is 11.6 Å². The number of carbonyl (C=O) groups excluding carboxylic acids is 1. The highest BCUT2D eigenvalue weighted by Crippen LogP contribution is 2.09. The van der Waals surface area contributed by atoms with Crippen LogP contribution in [0.5, 0.6) is 0 Å². The van der Waals surface area contributed by atoms with Gasteiger partial charge in [0, 0.05) is 29.2 Å². The van der Waals surface area contributed by atoms with Crippen LogP contribution in [0.15, 0.2) is 48.8 Å². The van der Waals surface area contributed by atoms with Gasteiger partial charge in [-0.3, -0.25) is 9.78 Å². The molecule has 0 unspecified atom stereocenters. The summed E-state index contributed by atoms with van der Waals surface area (Å²) in [5.41, 5.74) is 1.89. The number of benzene rings is 1. The van der Waals surface area contributed by atoms with Gasteiger partial charge in [0.05, 0.1) is 0 Å². The molecule has 4 heteroatoms. The summed E-state index contributed by atoms with van der Waals surface area (Å²) < 4.78 is 0. The van der Waals surface area contributed by atoms with Gasteiger partial charge >= 0.3 is 0 Å². The summed E-state index contributed by atoms with van der Waals surface area (Å²) in [5, 5.41) is 11.4. The number of aliphatic hydroxyl groups excluding tert-OH is 1. The number of hydrogen-bond donors (Lipinski definition) is 2. The third kappa shape index (κ3) is 3.66. The molecule has 2 rings (SSSR count). The maximum absolute atomic E-state index is 12.0. The molecule has 19 heavy (non-hydrogen) atoms. The topological polar surface area (TPSA) is 62.2 Å². The molecule has 0 aliphatic carbocycles. The minimum absolute atomic E-state index is 0.201. The molecule has 0 bridgehead atoms. The second-order valence-electron chi connectivity index (χ2n) is 3.73. The van der Waals surface area contributed by atoms with Crippen molar-refractivity contribution in [3.63, 3.8) is 0 Å². The number of rotatable bonds is 2. The van der Waals surface area contributed by atoms with Crippen molar-refractivity contribution in [2.75, 3.05) is 11.9 Å². The number of carbonyl (C=O) groups is 1. The van der Waals surface area contributed by atoms with E-state index in [1.165, 1.54) is 0 Å². The van der Waals surface area contributed by atoms with Gasteiger partial charge in [-0.25, -0.2) is 0 Å². The fourth-order valence-corrected chi connectivity index (χ4v) is 1.52. The summed E-state index contributed by atoms with van der Waals surface area (Å²) in [7, 11) is 0. The Hall–Kier alpha value is -2.64. The van der Waals surface area contributed by atoms with E-state index in [2.05, 4.69) is 22.1 Å². The SMILES string of the molecule is O=C(Nc1ccncc1)c1cccc(C#CCO)c1. The van der Waals surface area contributed by atoms with Crippen molar-refractivity contribution < 1.29 is 9.90 Å². The predicted molar refractivity (Wildman–Crippen MR) is 72.6 cm³/mol. The summed E-state index contributed by atoms with van der Waals surface area (Å²) in [6.45, 7) is -0.201. The van der Waals surface area contributed by atoms with Crippen LogP contribution in [0.25, 0.3) is 0 Å². The lowest BCUT2D eigenvalue weighted by Gasteiger charge is -2.04. The molecule has 1 aromatic heterocycles. The Morgan fingerprint density at radius 1 is 1.26 bits per heavy atom. The first-order valence-electron chi connectivity index (χ1n) is 5.71. The highest BCUT2D eigenvalue weighted by molar-refractivity contribution is 6.04. The fraction of sp³-hybridized carbons (Fsp3) is 0.0667. The number of hydrogen-bond acceptors (Lipinski definition) is 3. The maximum atomic E-state index is 12.0. The fourth-order valence-electron chi connectivity index (χ4n) is 1.52. The average Bonchev–Trinajstić information content (AvgIpc) is 2.46. The van der Waals surface area contributed by atoms with Gasteiger partial charge in [0.15, 0.2) is 0 Å². The molecule has 1 aromatic carbocycles. The zero-order valence-electron chi connectivity index (χ0n) is 10.1. The number of nitrogens with one attached hydrogen (secondary N) is 1. The third-order valence-electron chi connectivity index (χ3n) is 2.37. The van der Waals surface area contributed by atoms with Crippen LogP contribution in [0.1, 0.15) is 15.9 Å². The molecule has 0 spiro atoms. The van der Waals surface area contributed by atoms with E-state index < -0.39 is 0 Å². The molecule has 1 heterocycles. The molecule has 4 nitrogen and oxygen atoms in total. The first kappa shape index (κ1) is 12.8. The van der Waals surface area contributed by atoms with Crippen LogP contribution >= 0.6 is 0 Å². The average molecular weight is 252 g/mol. The van der Waals surface area contributed by atoms with Gasteiger partial charge in [0.2, 0.25) is 0 Å². The number of aliphatic hydroxyl groups is 1. The van der Waals surface area contributed by atoms with Crippen molar-refractivity contribution in [2.24, 2.45) is 0 Å². The molecule has 2 N–H and O–H groups in total. The molecule has 0 radical (unpaired) electrons. The lowest BCUT2D eigenvalue weighted by molar-refractivity contribution is 0.102. The lowest BCUT2D eigenvalue weighted by atomic mass is 10.1. The Kier molecular flexibility index (Phi) is 4.27. The number of anilines is 1. The van der Waals surface area contributed by atoms with Crippen LogP contribution in [-0.4, -0.2) is 22.6 Å². The van der Waals surface area contributed by atoms with Crippen molar-refractivity contribution in [3.8, 4) is 11.8 Å². The van der Waals surface area contributed by atoms with E-state index in [9.17, 15) is 4.79 Å². The second-order valence-corrected chi connectivity index (χ2v) is 3.73. The Labute approximate surface area is 111 Å². The predicted octanol–water partition coefficient (Wildman–Crippen LogP) is 1.68. The van der Waals surface area contributed by atoms with E-state index in [1.807, 2.05) is 0 Å². The highest BCUT2D eigenvalue weighted by atomic mass is 16.2. The Morgan fingerprint density at radius 3 is 2.79 bits per heavy atom.